The van der Waals surface area contributed by atoms with Crippen molar-refractivity contribution in [1.82, 2.24) is 4.98 Å². The molecule has 1 heterocycles. The predicted molar refractivity (Wildman–Crippen MR) is 96.7 cm³/mol. The molecule has 0 saturated heterocycles. The van der Waals surface area contributed by atoms with E-state index >= 15 is 0 Å². The number of hydrogen-bond acceptors (Lipinski definition) is 5. The van der Waals surface area contributed by atoms with E-state index in [2.05, 4.69) is 10.3 Å². The van der Waals surface area contributed by atoms with Crippen LogP contribution in [-0.4, -0.2) is 29.4 Å². The number of nitrogens with one attached hydrogen (secondary N) is 1. The van der Waals surface area contributed by atoms with Crippen molar-refractivity contribution in [3.05, 3.63) is 70.9 Å². The molecule has 126 valence electrons. The van der Waals surface area contributed by atoms with Gasteiger partial charge in [-0.2, -0.15) is 0 Å². The fourth-order valence-corrected chi connectivity index (χ4v) is 2.64. The summed E-state index contributed by atoms with van der Waals surface area (Å²) in [6.45, 7) is -0.0545. The molecule has 0 fully saturated rings. The van der Waals surface area contributed by atoms with Crippen LogP contribution in [0.25, 0.3) is 10.8 Å². The number of nitrogens with zero attached hydrogens (tertiary/aromatic N) is 3. The molecule has 1 amide bonds. The summed E-state index contributed by atoms with van der Waals surface area (Å²) in [6, 6.07) is 16.2. The fraction of sp³-hybridized carbons (Fsp3) is 0.111. The zero-order valence-electron chi connectivity index (χ0n) is 13.5. The highest BCUT2D eigenvalue weighted by atomic mass is 16.6. The normalized spacial score (nSPS) is 10.4. The molecule has 0 aliphatic heterocycles. The van der Waals surface area contributed by atoms with Crippen molar-refractivity contribution in [2.75, 3.05) is 23.8 Å². The van der Waals surface area contributed by atoms with Crippen LogP contribution in [0.5, 0.6) is 0 Å². The Balaban J connectivity index is 1.77. The summed E-state index contributed by atoms with van der Waals surface area (Å²) >= 11 is 0. The molecule has 0 radical (unpaired) electrons. The maximum absolute atomic E-state index is 12.4. The van der Waals surface area contributed by atoms with E-state index in [0.29, 0.717) is 5.69 Å². The lowest BCUT2D eigenvalue weighted by atomic mass is 10.1. The van der Waals surface area contributed by atoms with Gasteiger partial charge in [-0.1, -0.05) is 36.4 Å². The number of likely N-dealkylation sites (N-methyl/N-ethyl adjacent to an activating group) is 1. The maximum atomic E-state index is 12.4. The molecule has 0 aliphatic rings. The minimum Gasteiger partial charge on any atom is -0.345 e. The van der Waals surface area contributed by atoms with E-state index < -0.39 is 4.92 Å². The zero-order chi connectivity index (χ0) is 17.8. The van der Waals surface area contributed by atoms with E-state index in [4.69, 9.17) is 0 Å². The van der Waals surface area contributed by atoms with Gasteiger partial charge < -0.3 is 10.2 Å². The smallest absolute Gasteiger partial charge is 0.311 e. The number of carbonyl (C=O) groups excluding carboxylic acids is 1. The summed E-state index contributed by atoms with van der Waals surface area (Å²) in [7, 11) is 1.60. The number of rotatable bonds is 5. The quantitative estimate of drug-likeness (QED) is 0.571. The number of pyridine rings is 1. The summed E-state index contributed by atoms with van der Waals surface area (Å²) in [5.41, 5.74) is 0.565. The molecular weight excluding hydrogens is 320 g/mol. The van der Waals surface area contributed by atoms with E-state index in [1.807, 2.05) is 42.5 Å². The van der Waals surface area contributed by atoms with Gasteiger partial charge in [0, 0.05) is 30.4 Å². The molecule has 0 unspecified atom stereocenters. The molecule has 25 heavy (non-hydrogen) atoms. The van der Waals surface area contributed by atoms with Crippen molar-refractivity contribution < 1.29 is 9.72 Å². The van der Waals surface area contributed by atoms with E-state index in [1.54, 1.807) is 7.05 Å². The summed E-state index contributed by atoms with van der Waals surface area (Å²) in [6.07, 6.45) is 1.46. The van der Waals surface area contributed by atoms with Crippen molar-refractivity contribution in [3.8, 4) is 0 Å². The zero-order valence-corrected chi connectivity index (χ0v) is 13.5. The lowest BCUT2D eigenvalue weighted by Gasteiger charge is -2.17. The highest BCUT2D eigenvalue weighted by Gasteiger charge is 2.19. The molecule has 0 spiro atoms. The number of benzene rings is 2. The standard InChI is InChI=1S/C18H16N4O3/c1-21(18-16(22(24)25)10-5-11-19-18)12-17(23)20-15-9-4-7-13-6-2-3-8-14(13)15/h2-11H,12H2,1H3,(H,20,23). The van der Waals surface area contributed by atoms with Gasteiger partial charge in [-0.05, 0) is 17.5 Å². The minimum absolute atomic E-state index is 0.0545. The Morgan fingerprint density at radius 2 is 1.92 bits per heavy atom. The third-order valence-corrected chi connectivity index (χ3v) is 3.77. The monoisotopic (exact) mass is 336 g/mol. The van der Waals surface area contributed by atoms with Crippen LogP contribution in [0.1, 0.15) is 0 Å². The summed E-state index contributed by atoms with van der Waals surface area (Å²) in [5.74, 6) is -0.126. The summed E-state index contributed by atoms with van der Waals surface area (Å²) in [5, 5.41) is 15.9. The van der Waals surface area contributed by atoms with E-state index in [1.165, 1.54) is 23.2 Å². The first kappa shape index (κ1) is 16.4. The Labute approximate surface area is 144 Å². The Morgan fingerprint density at radius 3 is 2.72 bits per heavy atom. The van der Waals surface area contributed by atoms with Gasteiger partial charge in [0.25, 0.3) is 0 Å². The van der Waals surface area contributed by atoms with Crippen molar-refractivity contribution >= 4 is 33.9 Å². The van der Waals surface area contributed by atoms with Crippen molar-refractivity contribution in [1.29, 1.82) is 0 Å². The summed E-state index contributed by atoms with van der Waals surface area (Å²) < 4.78 is 0. The molecule has 7 nitrogen and oxygen atoms in total. The second-order valence-corrected chi connectivity index (χ2v) is 5.53. The first-order valence-corrected chi connectivity index (χ1v) is 7.64. The lowest BCUT2D eigenvalue weighted by molar-refractivity contribution is -0.384. The van der Waals surface area contributed by atoms with E-state index in [9.17, 15) is 14.9 Å². The summed E-state index contributed by atoms with van der Waals surface area (Å²) in [4.78, 5) is 28.4. The second-order valence-electron chi connectivity index (χ2n) is 5.53. The molecule has 0 saturated carbocycles. The van der Waals surface area contributed by atoms with Crippen molar-refractivity contribution in [2.24, 2.45) is 0 Å². The first-order chi connectivity index (χ1) is 12.1. The van der Waals surface area contributed by atoms with Crippen LogP contribution < -0.4 is 10.2 Å². The molecule has 2 aromatic carbocycles. The highest BCUT2D eigenvalue weighted by Crippen LogP contribution is 2.25. The number of fused-ring (bicyclic) bond motifs is 1. The Kier molecular flexibility index (Phi) is 4.56. The van der Waals surface area contributed by atoms with Gasteiger partial charge in [0.15, 0.2) is 0 Å². The third kappa shape index (κ3) is 3.55. The molecule has 0 bridgehead atoms. The topological polar surface area (TPSA) is 88.4 Å². The molecule has 1 aromatic heterocycles. The lowest BCUT2D eigenvalue weighted by Crippen LogP contribution is -2.31. The highest BCUT2D eigenvalue weighted by molar-refractivity contribution is 6.03. The number of aromatic nitrogens is 1. The van der Waals surface area contributed by atoms with Crippen molar-refractivity contribution in [2.45, 2.75) is 0 Å². The van der Waals surface area contributed by atoms with Gasteiger partial charge in [-0.3, -0.25) is 14.9 Å². The molecular formula is C18H16N4O3. The van der Waals surface area contributed by atoms with Crippen LogP contribution in [-0.2, 0) is 4.79 Å². The number of hydrogen-bond donors (Lipinski definition) is 1. The van der Waals surface area contributed by atoms with Gasteiger partial charge in [-0.15, -0.1) is 0 Å². The van der Waals surface area contributed by atoms with Gasteiger partial charge in [0.05, 0.1) is 11.5 Å². The fourth-order valence-electron chi connectivity index (χ4n) is 2.64. The largest absolute Gasteiger partial charge is 0.345 e. The van der Waals surface area contributed by atoms with Gasteiger partial charge in [0.2, 0.25) is 11.7 Å². The molecule has 3 rings (SSSR count). The second kappa shape index (κ2) is 6.96. The molecule has 0 aliphatic carbocycles. The van der Waals surface area contributed by atoms with Gasteiger partial charge >= 0.3 is 5.69 Å². The van der Waals surface area contributed by atoms with Crippen LogP contribution >= 0.6 is 0 Å². The molecule has 0 atom stereocenters. The van der Waals surface area contributed by atoms with E-state index in [0.717, 1.165) is 10.8 Å². The van der Waals surface area contributed by atoms with Crippen LogP contribution in [0.4, 0.5) is 17.2 Å². The number of nitro groups is 1. The van der Waals surface area contributed by atoms with Gasteiger partial charge in [-0.25, -0.2) is 4.98 Å². The predicted octanol–water partition coefficient (Wildman–Crippen LogP) is 3.22. The van der Waals surface area contributed by atoms with Crippen molar-refractivity contribution in [3.63, 3.8) is 0 Å². The Morgan fingerprint density at radius 1 is 1.16 bits per heavy atom. The van der Waals surface area contributed by atoms with E-state index in [-0.39, 0.29) is 24.0 Å². The minimum atomic E-state index is -0.512. The number of anilines is 2. The van der Waals surface area contributed by atoms with Crippen LogP contribution in [0, 0.1) is 10.1 Å². The first-order valence-electron chi connectivity index (χ1n) is 7.64. The third-order valence-electron chi connectivity index (χ3n) is 3.77. The Bertz CT molecular complexity index is 937. The maximum Gasteiger partial charge on any atom is 0.311 e. The van der Waals surface area contributed by atoms with Crippen LogP contribution in [0.3, 0.4) is 0 Å². The van der Waals surface area contributed by atoms with Crippen LogP contribution in [0.2, 0.25) is 0 Å². The SMILES string of the molecule is CN(CC(=O)Nc1cccc2ccccc12)c1ncccc1[N+](=O)[O-]. The average molecular weight is 336 g/mol. The van der Waals surface area contributed by atoms with Crippen LogP contribution in [0.15, 0.2) is 60.8 Å². The average Bonchev–Trinajstić information content (AvgIpc) is 2.62. The van der Waals surface area contributed by atoms with Gasteiger partial charge in [0.1, 0.15) is 0 Å². The Hall–Kier alpha value is -3.48. The number of amides is 1. The molecule has 3 aromatic rings. The molecule has 1 N–H and O–H groups in total. The number of carbonyl (C=O) groups is 1. The molecule has 7 heteroatoms.